The largest absolute Gasteiger partial charge is 0.393 e. The van der Waals surface area contributed by atoms with E-state index < -0.39 is 0 Å². The molecule has 0 spiro atoms. The topological polar surface area (TPSA) is 98.7 Å². The summed E-state index contributed by atoms with van der Waals surface area (Å²) in [5.74, 6) is 0.352. The van der Waals surface area contributed by atoms with Gasteiger partial charge in [-0.1, -0.05) is 141 Å². The predicted octanol–water partition coefficient (Wildman–Crippen LogP) is 10.8. The Morgan fingerprint density at radius 2 is 0.812 bits per heavy atom. The van der Waals surface area contributed by atoms with Crippen LogP contribution in [0.1, 0.15) is 206 Å². The number of hydrogen-bond acceptors (Lipinski definition) is 4. The number of aliphatic hydroxyl groups is 2. The van der Waals surface area contributed by atoms with Crippen molar-refractivity contribution in [2.75, 3.05) is 13.1 Å². The van der Waals surface area contributed by atoms with Crippen LogP contribution in [0.25, 0.3) is 0 Å². The Morgan fingerprint density at radius 3 is 1.23 bits per heavy atom. The van der Waals surface area contributed by atoms with Crippen molar-refractivity contribution >= 4 is 11.8 Å². The molecule has 0 aromatic heterocycles. The highest BCUT2D eigenvalue weighted by Crippen LogP contribution is 2.12. The second kappa shape index (κ2) is 38.1. The highest BCUT2D eigenvalue weighted by molar-refractivity contribution is 5.76. The Hall–Kier alpha value is -1.66. The Bertz CT molecular complexity index is 692. The van der Waals surface area contributed by atoms with Crippen molar-refractivity contribution in [2.24, 2.45) is 0 Å². The first-order valence-electron chi connectivity index (χ1n) is 20.7. The average Bonchev–Trinajstić information content (AvgIpc) is 3.07. The average molecular weight is 677 g/mol. The molecule has 0 bridgehead atoms. The zero-order valence-electron chi connectivity index (χ0n) is 31.8. The quantitative estimate of drug-likeness (QED) is 0.0389. The monoisotopic (exact) mass is 677 g/mol. The van der Waals surface area contributed by atoms with Crippen LogP contribution >= 0.6 is 0 Å². The molecule has 0 aromatic carbocycles. The number of aliphatic hydroxyl groups excluding tert-OH is 2. The van der Waals surface area contributed by atoms with Gasteiger partial charge in [-0.05, 0) is 77.0 Å². The summed E-state index contributed by atoms with van der Waals surface area (Å²) < 4.78 is 0. The van der Waals surface area contributed by atoms with Gasteiger partial charge in [0, 0.05) is 25.9 Å². The molecule has 0 heterocycles. The third kappa shape index (κ3) is 37.2. The third-order valence-electron chi connectivity index (χ3n) is 9.23. The summed E-state index contributed by atoms with van der Waals surface area (Å²) in [7, 11) is 0. The van der Waals surface area contributed by atoms with Crippen LogP contribution in [0.3, 0.4) is 0 Å². The van der Waals surface area contributed by atoms with Gasteiger partial charge >= 0.3 is 0 Å². The minimum Gasteiger partial charge on any atom is -0.393 e. The van der Waals surface area contributed by atoms with Crippen LogP contribution in [0.4, 0.5) is 0 Å². The highest BCUT2D eigenvalue weighted by Gasteiger charge is 2.04. The van der Waals surface area contributed by atoms with Gasteiger partial charge < -0.3 is 20.8 Å². The number of carbonyl (C=O) groups is 2. The van der Waals surface area contributed by atoms with Crippen molar-refractivity contribution in [1.29, 1.82) is 0 Å². The van der Waals surface area contributed by atoms with Crippen molar-refractivity contribution < 1.29 is 19.8 Å². The Balaban J connectivity index is 3.39. The molecule has 48 heavy (non-hydrogen) atoms. The lowest BCUT2D eigenvalue weighted by Crippen LogP contribution is -2.24. The fourth-order valence-electron chi connectivity index (χ4n) is 5.98. The molecule has 0 saturated carbocycles. The van der Waals surface area contributed by atoms with E-state index in [1.165, 1.54) is 77.0 Å². The summed E-state index contributed by atoms with van der Waals surface area (Å²) >= 11 is 0. The molecule has 0 saturated heterocycles. The van der Waals surface area contributed by atoms with Crippen LogP contribution in [0.15, 0.2) is 24.3 Å². The Labute approximate surface area is 297 Å². The molecule has 6 heteroatoms. The first-order chi connectivity index (χ1) is 23.5. The SMILES string of the molecule is CCCCCC[C@@H](O)C/C=C\CCCCCCCC(=O)NCCCCCCNC(=O)CCCCCCC/C=C\C[C@H](O)CCCCCC. The maximum atomic E-state index is 12.1. The zero-order valence-corrected chi connectivity index (χ0v) is 31.8. The second-order valence-electron chi connectivity index (χ2n) is 14.1. The molecule has 0 aliphatic carbocycles. The van der Waals surface area contributed by atoms with Gasteiger partial charge in [0.25, 0.3) is 0 Å². The van der Waals surface area contributed by atoms with Crippen molar-refractivity contribution in [3.05, 3.63) is 24.3 Å². The number of nitrogens with one attached hydrogen (secondary N) is 2. The lowest BCUT2D eigenvalue weighted by Gasteiger charge is -2.07. The summed E-state index contributed by atoms with van der Waals surface area (Å²) in [6, 6.07) is 0. The van der Waals surface area contributed by atoms with Crippen LogP contribution in [-0.4, -0.2) is 47.3 Å². The fourth-order valence-corrected chi connectivity index (χ4v) is 5.98. The van der Waals surface area contributed by atoms with Crippen LogP contribution < -0.4 is 10.6 Å². The Kier molecular flexibility index (Phi) is 36.8. The van der Waals surface area contributed by atoms with E-state index in [9.17, 15) is 19.8 Å². The first kappa shape index (κ1) is 46.3. The van der Waals surface area contributed by atoms with Crippen molar-refractivity contribution in [3.8, 4) is 0 Å². The molecule has 0 aliphatic heterocycles. The molecule has 0 unspecified atom stereocenters. The van der Waals surface area contributed by atoms with E-state index in [4.69, 9.17) is 0 Å². The standard InChI is InChI=1S/C42H80N2O4/c1-3-5-7-23-31-39(45)33-25-17-13-9-11-15-19-27-35-41(47)43-37-29-21-22-30-38-44-42(48)36-28-20-16-12-10-14-18-26-34-40(46)32-24-8-6-4-2/h17-18,25-26,39-40,45-46H,3-16,19-24,27-38H2,1-2H3,(H,43,47)(H,44,48)/b25-17-,26-18-/t39-,40-/m1/s1. The molecule has 0 aliphatic rings. The molecule has 282 valence electrons. The predicted molar refractivity (Wildman–Crippen MR) is 206 cm³/mol. The molecule has 2 amide bonds. The van der Waals surface area contributed by atoms with Gasteiger partial charge in [-0.25, -0.2) is 0 Å². The molecular weight excluding hydrogens is 596 g/mol. The van der Waals surface area contributed by atoms with E-state index in [-0.39, 0.29) is 24.0 Å². The molecular formula is C42H80N2O4. The van der Waals surface area contributed by atoms with E-state index in [1.54, 1.807) is 0 Å². The number of carbonyl (C=O) groups excluding carboxylic acids is 2. The van der Waals surface area contributed by atoms with Crippen LogP contribution in [-0.2, 0) is 9.59 Å². The van der Waals surface area contributed by atoms with Gasteiger partial charge in [-0.3, -0.25) is 9.59 Å². The first-order valence-corrected chi connectivity index (χ1v) is 20.7. The molecule has 6 nitrogen and oxygen atoms in total. The van der Waals surface area contributed by atoms with E-state index in [2.05, 4.69) is 48.8 Å². The van der Waals surface area contributed by atoms with Gasteiger partial charge in [0.1, 0.15) is 0 Å². The normalized spacial score (nSPS) is 13.0. The number of amides is 2. The number of hydrogen-bond donors (Lipinski definition) is 4. The zero-order chi connectivity index (χ0) is 35.2. The molecule has 0 radical (unpaired) electrons. The van der Waals surface area contributed by atoms with Crippen LogP contribution in [0.5, 0.6) is 0 Å². The fraction of sp³-hybridized carbons (Fsp3) is 0.857. The van der Waals surface area contributed by atoms with E-state index in [1.807, 2.05) is 0 Å². The number of allylic oxidation sites excluding steroid dienone is 2. The lowest BCUT2D eigenvalue weighted by molar-refractivity contribution is -0.122. The molecule has 0 fully saturated rings. The molecule has 2 atom stereocenters. The summed E-state index contributed by atoms with van der Waals surface area (Å²) in [5.41, 5.74) is 0. The van der Waals surface area contributed by atoms with E-state index in [0.29, 0.717) is 12.8 Å². The third-order valence-corrected chi connectivity index (χ3v) is 9.23. The molecule has 0 aromatic rings. The van der Waals surface area contributed by atoms with Gasteiger partial charge in [-0.15, -0.1) is 0 Å². The second-order valence-corrected chi connectivity index (χ2v) is 14.1. The lowest BCUT2D eigenvalue weighted by atomic mass is 10.1. The van der Waals surface area contributed by atoms with E-state index in [0.717, 1.165) is 116 Å². The van der Waals surface area contributed by atoms with Crippen LogP contribution in [0.2, 0.25) is 0 Å². The van der Waals surface area contributed by atoms with Crippen molar-refractivity contribution in [1.82, 2.24) is 10.6 Å². The van der Waals surface area contributed by atoms with Crippen molar-refractivity contribution in [2.45, 2.75) is 219 Å². The van der Waals surface area contributed by atoms with Gasteiger partial charge in [0.2, 0.25) is 11.8 Å². The summed E-state index contributed by atoms with van der Waals surface area (Å²) in [4.78, 5) is 24.1. The van der Waals surface area contributed by atoms with Crippen molar-refractivity contribution in [3.63, 3.8) is 0 Å². The maximum Gasteiger partial charge on any atom is 0.219 e. The van der Waals surface area contributed by atoms with Gasteiger partial charge in [-0.2, -0.15) is 0 Å². The summed E-state index contributed by atoms with van der Waals surface area (Å²) in [6.07, 6.45) is 40.4. The molecule has 0 rings (SSSR count). The highest BCUT2D eigenvalue weighted by atomic mass is 16.3. The number of unbranched alkanes of at least 4 members (excludes halogenated alkanes) is 19. The maximum absolute atomic E-state index is 12.1. The minimum absolute atomic E-state index is 0.176. The summed E-state index contributed by atoms with van der Waals surface area (Å²) in [6.45, 7) is 5.93. The number of rotatable bonds is 37. The Morgan fingerprint density at radius 1 is 0.458 bits per heavy atom. The molecule has 4 N–H and O–H groups in total. The van der Waals surface area contributed by atoms with Gasteiger partial charge in [0.15, 0.2) is 0 Å². The minimum atomic E-state index is -0.180. The van der Waals surface area contributed by atoms with E-state index >= 15 is 0 Å². The summed E-state index contributed by atoms with van der Waals surface area (Å²) in [5, 5.41) is 26.1. The van der Waals surface area contributed by atoms with Gasteiger partial charge in [0.05, 0.1) is 12.2 Å². The smallest absolute Gasteiger partial charge is 0.219 e. The van der Waals surface area contributed by atoms with Crippen LogP contribution in [0, 0.1) is 0 Å².